The van der Waals surface area contributed by atoms with Gasteiger partial charge in [-0.25, -0.2) is 4.79 Å². The van der Waals surface area contributed by atoms with Crippen molar-refractivity contribution in [2.75, 3.05) is 13.1 Å². The Bertz CT molecular complexity index is 364. The molecule has 0 spiro atoms. The smallest absolute Gasteiger partial charge is 0.317 e. The Morgan fingerprint density at radius 3 is 2.41 bits per heavy atom. The lowest BCUT2D eigenvalue weighted by atomic mass is 10.1. The Hall–Kier alpha value is -1.52. The topological polar surface area (TPSA) is 58.4 Å². The lowest BCUT2D eigenvalue weighted by Gasteiger charge is -2.22. The van der Waals surface area contributed by atoms with Crippen LogP contribution in [0.5, 0.6) is 0 Å². The number of rotatable bonds is 4. The molecule has 17 heavy (non-hydrogen) atoms. The Morgan fingerprint density at radius 2 is 2.00 bits per heavy atom. The van der Waals surface area contributed by atoms with Gasteiger partial charge in [0.15, 0.2) is 0 Å². The Labute approximate surface area is 102 Å². The van der Waals surface area contributed by atoms with Crippen LogP contribution >= 0.6 is 0 Å². The largest absolute Gasteiger partial charge is 0.361 e. The van der Waals surface area contributed by atoms with Crippen LogP contribution < -0.4 is 5.32 Å². The zero-order valence-corrected chi connectivity index (χ0v) is 11.2. The van der Waals surface area contributed by atoms with Gasteiger partial charge in [-0.2, -0.15) is 0 Å². The molecule has 0 saturated heterocycles. The van der Waals surface area contributed by atoms with Crippen molar-refractivity contribution < 1.29 is 9.32 Å². The molecule has 1 unspecified atom stereocenters. The first-order chi connectivity index (χ1) is 8.01. The van der Waals surface area contributed by atoms with Gasteiger partial charge in [-0.1, -0.05) is 5.16 Å². The maximum absolute atomic E-state index is 11.9. The fraction of sp³-hybridized carbons (Fsp3) is 0.667. The van der Waals surface area contributed by atoms with Crippen LogP contribution in [0.2, 0.25) is 0 Å². The summed E-state index contributed by atoms with van der Waals surface area (Å²) in [5.41, 5.74) is 1.79. The Kier molecular flexibility index (Phi) is 4.54. The number of hydrogen-bond acceptors (Lipinski definition) is 3. The molecular formula is C12H21N3O2. The Balaban J connectivity index is 2.73. The molecular weight excluding hydrogens is 218 g/mol. The molecule has 0 aliphatic carbocycles. The first kappa shape index (κ1) is 13.5. The minimum absolute atomic E-state index is 0.0532. The third kappa shape index (κ3) is 2.99. The van der Waals surface area contributed by atoms with Crippen LogP contribution in [0.25, 0.3) is 0 Å². The van der Waals surface area contributed by atoms with Crippen molar-refractivity contribution in [2.24, 2.45) is 0 Å². The van der Waals surface area contributed by atoms with Crippen LogP contribution in [0.4, 0.5) is 4.79 Å². The number of nitrogens with one attached hydrogen (secondary N) is 1. The molecule has 1 N–H and O–H groups in total. The summed E-state index contributed by atoms with van der Waals surface area (Å²) in [5.74, 6) is 0.759. The van der Waals surface area contributed by atoms with Crippen LogP contribution in [0.3, 0.4) is 0 Å². The van der Waals surface area contributed by atoms with Gasteiger partial charge in [-0.05, 0) is 34.6 Å². The molecule has 1 aromatic heterocycles. The first-order valence-corrected chi connectivity index (χ1v) is 5.99. The summed E-state index contributed by atoms with van der Waals surface area (Å²) in [5, 5.41) is 6.84. The van der Waals surface area contributed by atoms with Gasteiger partial charge >= 0.3 is 6.03 Å². The SMILES string of the molecule is CCN(CC)C(=O)NC(C)c1c(C)noc1C. The second-order valence-electron chi connectivity index (χ2n) is 4.08. The van der Waals surface area contributed by atoms with Crippen LogP contribution in [0, 0.1) is 13.8 Å². The molecule has 1 atom stereocenters. The van der Waals surface area contributed by atoms with Gasteiger partial charge in [0.25, 0.3) is 0 Å². The number of nitrogens with zero attached hydrogens (tertiary/aromatic N) is 2. The molecule has 0 radical (unpaired) electrons. The molecule has 2 amide bonds. The zero-order chi connectivity index (χ0) is 13.0. The molecule has 1 rings (SSSR count). The Morgan fingerprint density at radius 1 is 1.41 bits per heavy atom. The van der Waals surface area contributed by atoms with E-state index in [0.29, 0.717) is 13.1 Å². The predicted molar refractivity (Wildman–Crippen MR) is 65.8 cm³/mol. The van der Waals surface area contributed by atoms with Crippen LogP contribution in [0.15, 0.2) is 4.52 Å². The molecule has 96 valence electrons. The maximum atomic E-state index is 11.9. The lowest BCUT2D eigenvalue weighted by molar-refractivity contribution is 0.200. The van der Waals surface area contributed by atoms with Gasteiger partial charge in [0, 0.05) is 18.7 Å². The van der Waals surface area contributed by atoms with Crippen molar-refractivity contribution in [3.63, 3.8) is 0 Å². The van der Waals surface area contributed by atoms with Gasteiger partial charge in [-0.15, -0.1) is 0 Å². The third-order valence-corrected chi connectivity index (χ3v) is 2.91. The van der Waals surface area contributed by atoms with Gasteiger partial charge in [0.1, 0.15) is 5.76 Å². The molecule has 5 heteroatoms. The van der Waals surface area contributed by atoms with Crippen LogP contribution in [0.1, 0.15) is 43.8 Å². The van der Waals surface area contributed by atoms with E-state index in [2.05, 4.69) is 10.5 Å². The number of urea groups is 1. The van der Waals surface area contributed by atoms with E-state index in [9.17, 15) is 4.79 Å². The summed E-state index contributed by atoms with van der Waals surface area (Å²) in [6, 6.07) is -0.142. The average Bonchev–Trinajstić information content (AvgIpc) is 2.60. The molecule has 0 aliphatic rings. The van der Waals surface area contributed by atoms with Crippen LogP contribution in [-0.4, -0.2) is 29.2 Å². The summed E-state index contributed by atoms with van der Waals surface area (Å²) in [6.07, 6.45) is 0. The van der Waals surface area contributed by atoms with E-state index in [0.717, 1.165) is 17.0 Å². The third-order valence-electron chi connectivity index (χ3n) is 2.91. The normalized spacial score (nSPS) is 12.3. The van der Waals surface area contributed by atoms with Crippen molar-refractivity contribution in [1.82, 2.24) is 15.4 Å². The molecule has 0 aromatic carbocycles. The second-order valence-corrected chi connectivity index (χ2v) is 4.08. The highest BCUT2D eigenvalue weighted by atomic mass is 16.5. The molecule has 0 fully saturated rings. The van der Waals surface area contributed by atoms with E-state index in [-0.39, 0.29) is 12.1 Å². The van der Waals surface area contributed by atoms with E-state index < -0.39 is 0 Å². The lowest BCUT2D eigenvalue weighted by Crippen LogP contribution is -2.40. The van der Waals surface area contributed by atoms with E-state index >= 15 is 0 Å². The van der Waals surface area contributed by atoms with Crippen molar-refractivity contribution >= 4 is 6.03 Å². The van der Waals surface area contributed by atoms with E-state index in [1.165, 1.54) is 0 Å². The minimum atomic E-state index is -0.0886. The van der Waals surface area contributed by atoms with E-state index in [4.69, 9.17) is 4.52 Å². The number of aromatic nitrogens is 1. The fourth-order valence-electron chi connectivity index (χ4n) is 1.97. The molecule has 0 aliphatic heterocycles. The number of aryl methyl sites for hydroxylation is 2. The zero-order valence-electron chi connectivity index (χ0n) is 11.2. The first-order valence-electron chi connectivity index (χ1n) is 5.99. The summed E-state index contributed by atoms with van der Waals surface area (Å²) >= 11 is 0. The van der Waals surface area contributed by atoms with Gasteiger partial charge < -0.3 is 14.7 Å². The molecule has 5 nitrogen and oxygen atoms in total. The highest BCUT2D eigenvalue weighted by Gasteiger charge is 2.19. The molecule has 0 saturated carbocycles. The number of carbonyl (C=O) groups is 1. The van der Waals surface area contributed by atoms with Crippen molar-refractivity contribution in [3.8, 4) is 0 Å². The quantitative estimate of drug-likeness (QED) is 0.877. The number of amides is 2. The number of carbonyl (C=O) groups excluding carboxylic acids is 1. The van der Waals surface area contributed by atoms with Gasteiger partial charge in [0.05, 0.1) is 11.7 Å². The summed E-state index contributed by atoms with van der Waals surface area (Å²) in [7, 11) is 0. The molecule has 0 bridgehead atoms. The highest BCUT2D eigenvalue weighted by Crippen LogP contribution is 2.20. The van der Waals surface area contributed by atoms with E-state index in [1.54, 1.807) is 4.90 Å². The summed E-state index contributed by atoms with van der Waals surface area (Å²) in [6.45, 7) is 11.0. The standard InChI is InChI=1S/C12H21N3O2/c1-6-15(7-2)12(16)13-8(3)11-9(4)14-17-10(11)5/h8H,6-7H2,1-5H3,(H,13,16). The van der Waals surface area contributed by atoms with Gasteiger partial charge in [0.2, 0.25) is 0 Å². The molecule has 1 heterocycles. The van der Waals surface area contributed by atoms with Crippen molar-refractivity contribution in [2.45, 2.75) is 40.7 Å². The van der Waals surface area contributed by atoms with Crippen LogP contribution in [-0.2, 0) is 0 Å². The van der Waals surface area contributed by atoms with Gasteiger partial charge in [-0.3, -0.25) is 0 Å². The monoisotopic (exact) mass is 239 g/mol. The van der Waals surface area contributed by atoms with E-state index in [1.807, 2.05) is 34.6 Å². The minimum Gasteiger partial charge on any atom is -0.361 e. The highest BCUT2D eigenvalue weighted by molar-refractivity contribution is 5.74. The summed E-state index contributed by atoms with van der Waals surface area (Å²) in [4.78, 5) is 13.6. The second kappa shape index (κ2) is 5.70. The fourth-order valence-corrected chi connectivity index (χ4v) is 1.97. The maximum Gasteiger partial charge on any atom is 0.317 e. The number of hydrogen-bond donors (Lipinski definition) is 1. The molecule has 1 aromatic rings. The van der Waals surface area contributed by atoms with Crippen molar-refractivity contribution in [3.05, 3.63) is 17.0 Å². The average molecular weight is 239 g/mol. The van der Waals surface area contributed by atoms with Crippen molar-refractivity contribution in [1.29, 1.82) is 0 Å². The summed E-state index contributed by atoms with van der Waals surface area (Å²) < 4.78 is 5.10. The predicted octanol–water partition coefficient (Wildman–Crippen LogP) is 2.40.